The van der Waals surface area contributed by atoms with E-state index < -0.39 is 0 Å². The van der Waals surface area contributed by atoms with Gasteiger partial charge in [-0.25, -0.2) is 0 Å². The van der Waals surface area contributed by atoms with Gasteiger partial charge in [0.1, 0.15) is 0 Å². The lowest BCUT2D eigenvalue weighted by molar-refractivity contribution is 0.0706. The number of hydrogen-bond acceptors (Lipinski definition) is 5. The van der Waals surface area contributed by atoms with Crippen LogP contribution in [0.4, 0.5) is 0 Å². The molecule has 1 aliphatic heterocycles. The maximum absolute atomic E-state index is 12.7. The molecule has 1 aliphatic rings. The average molecular weight is 345 g/mol. The number of hydrogen-bond donors (Lipinski definition) is 1. The Morgan fingerprint density at radius 1 is 1.09 bits per heavy atom. The third-order valence-corrected chi connectivity index (χ3v) is 4.10. The van der Waals surface area contributed by atoms with E-state index in [1.807, 2.05) is 11.9 Å². The van der Waals surface area contributed by atoms with E-state index in [-0.39, 0.29) is 18.3 Å². The first kappa shape index (κ1) is 19.4. The van der Waals surface area contributed by atoms with Crippen molar-refractivity contribution in [2.45, 2.75) is 18.9 Å². The lowest BCUT2D eigenvalue weighted by atomic mass is 10.0. The van der Waals surface area contributed by atoms with Crippen LogP contribution in [0.1, 0.15) is 23.2 Å². The van der Waals surface area contributed by atoms with Crippen molar-refractivity contribution in [3.8, 4) is 17.2 Å². The minimum absolute atomic E-state index is 0. The van der Waals surface area contributed by atoms with Gasteiger partial charge in [-0.15, -0.1) is 12.4 Å². The van der Waals surface area contributed by atoms with E-state index in [1.165, 1.54) is 0 Å². The predicted molar refractivity (Wildman–Crippen MR) is 91.3 cm³/mol. The van der Waals surface area contributed by atoms with Crippen molar-refractivity contribution >= 4 is 18.3 Å². The van der Waals surface area contributed by atoms with E-state index in [4.69, 9.17) is 14.2 Å². The highest BCUT2D eigenvalue weighted by molar-refractivity contribution is 5.95. The molecule has 0 bridgehead atoms. The number of ether oxygens (including phenoxy) is 3. The molecule has 0 aliphatic carbocycles. The van der Waals surface area contributed by atoms with Crippen molar-refractivity contribution < 1.29 is 19.0 Å². The van der Waals surface area contributed by atoms with E-state index >= 15 is 0 Å². The third kappa shape index (κ3) is 4.20. The van der Waals surface area contributed by atoms with Gasteiger partial charge in [-0.1, -0.05) is 0 Å². The van der Waals surface area contributed by atoms with E-state index in [1.54, 1.807) is 33.5 Å². The highest BCUT2D eigenvalue weighted by Gasteiger charge is 2.25. The molecule has 1 saturated heterocycles. The number of amides is 1. The quantitative estimate of drug-likeness (QED) is 0.884. The molecule has 1 fully saturated rings. The number of benzene rings is 1. The number of rotatable bonds is 5. The Labute approximate surface area is 143 Å². The summed E-state index contributed by atoms with van der Waals surface area (Å²) in [5, 5.41) is 3.26. The van der Waals surface area contributed by atoms with Crippen LogP contribution in [0.25, 0.3) is 0 Å². The Hall–Kier alpha value is -1.66. The predicted octanol–water partition coefficient (Wildman–Crippen LogP) is 1.96. The molecule has 0 aromatic heterocycles. The fourth-order valence-corrected chi connectivity index (χ4v) is 2.76. The molecule has 1 heterocycles. The molecule has 6 nitrogen and oxygen atoms in total. The van der Waals surface area contributed by atoms with Crippen molar-refractivity contribution in [2.75, 3.05) is 41.5 Å². The van der Waals surface area contributed by atoms with Crippen LogP contribution in [0, 0.1) is 0 Å². The summed E-state index contributed by atoms with van der Waals surface area (Å²) in [4.78, 5) is 14.6. The monoisotopic (exact) mass is 344 g/mol. The number of halogens is 1. The van der Waals surface area contributed by atoms with Gasteiger partial charge in [0.05, 0.1) is 21.3 Å². The molecule has 1 aromatic carbocycles. The van der Waals surface area contributed by atoms with E-state index in [0.717, 1.165) is 25.9 Å². The Morgan fingerprint density at radius 2 is 1.61 bits per heavy atom. The zero-order chi connectivity index (χ0) is 16.1. The highest BCUT2D eigenvalue weighted by atomic mass is 35.5. The topological polar surface area (TPSA) is 60.0 Å². The molecule has 130 valence electrons. The lowest BCUT2D eigenvalue weighted by Gasteiger charge is -2.32. The number of carbonyl (C=O) groups excluding carboxylic acids is 1. The fraction of sp³-hybridized carbons (Fsp3) is 0.562. The first-order chi connectivity index (χ1) is 10.6. The van der Waals surface area contributed by atoms with Gasteiger partial charge < -0.3 is 24.4 Å². The van der Waals surface area contributed by atoms with Gasteiger partial charge in [0.2, 0.25) is 5.75 Å². The van der Waals surface area contributed by atoms with Gasteiger partial charge in [-0.05, 0) is 32.0 Å². The van der Waals surface area contributed by atoms with Crippen molar-refractivity contribution in [1.29, 1.82) is 0 Å². The smallest absolute Gasteiger partial charge is 0.254 e. The normalized spacial score (nSPS) is 14.9. The van der Waals surface area contributed by atoms with Crippen LogP contribution in [0.2, 0.25) is 0 Å². The summed E-state index contributed by atoms with van der Waals surface area (Å²) < 4.78 is 15.9. The van der Waals surface area contributed by atoms with Crippen molar-refractivity contribution in [3.05, 3.63) is 17.7 Å². The summed E-state index contributed by atoms with van der Waals surface area (Å²) in [5.74, 6) is 1.48. The molecule has 0 spiro atoms. The number of likely N-dealkylation sites (tertiary alicyclic amines) is 1. The molecule has 23 heavy (non-hydrogen) atoms. The molecule has 0 unspecified atom stereocenters. The van der Waals surface area contributed by atoms with Gasteiger partial charge >= 0.3 is 0 Å². The Bertz CT molecular complexity index is 506. The number of carbonyl (C=O) groups is 1. The Kier molecular flexibility index (Phi) is 7.45. The van der Waals surface area contributed by atoms with Gasteiger partial charge in [0, 0.05) is 24.7 Å². The Balaban J connectivity index is 0.00000264. The lowest BCUT2D eigenvalue weighted by Crippen LogP contribution is -2.43. The zero-order valence-electron chi connectivity index (χ0n) is 14.0. The summed E-state index contributed by atoms with van der Waals surface area (Å²) in [6.07, 6.45) is 1.93. The summed E-state index contributed by atoms with van der Waals surface area (Å²) in [7, 11) is 6.60. The molecule has 1 amide bonds. The van der Waals surface area contributed by atoms with Crippen LogP contribution in [0.3, 0.4) is 0 Å². The molecular formula is C16H25ClN2O4. The van der Waals surface area contributed by atoms with Gasteiger partial charge in [0.25, 0.3) is 5.91 Å². The molecule has 0 saturated carbocycles. The van der Waals surface area contributed by atoms with Gasteiger partial charge in [0.15, 0.2) is 11.5 Å². The van der Waals surface area contributed by atoms with Crippen LogP contribution in [-0.2, 0) is 0 Å². The first-order valence-electron chi connectivity index (χ1n) is 7.41. The molecule has 0 radical (unpaired) electrons. The molecular weight excluding hydrogens is 320 g/mol. The average Bonchev–Trinajstić information content (AvgIpc) is 2.59. The third-order valence-electron chi connectivity index (χ3n) is 4.10. The summed E-state index contributed by atoms with van der Waals surface area (Å²) in [5.41, 5.74) is 0.553. The molecule has 2 rings (SSSR count). The van der Waals surface area contributed by atoms with Crippen LogP contribution in [0.5, 0.6) is 17.2 Å². The van der Waals surface area contributed by atoms with Crippen LogP contribution in [-0.4, -0.2) is 58.3 Å². The molecule has 0 atom stereocenters. The number of methoxy groups -OCH3 is 3. The second-order valence-electron chi connectivity index (χ2n) is 5.27. The van der Waals surface area contributed by atoms with E-state index in [2.05, 4.69) is 5.32 Å². The van der Waals surface area contributed by atoms with E-state index in [0.29, 0.717) is 28.9 Å². The summed E-state index contributed by atoms with van der Waals surface area (Å²) in [6, 6.07) is 3.89. The standard InChI is InChI=1S/C16H24N2O4.ClH/c1-17-12-5-7-18(8-6-12)16(19)11-9-13(20-2)15(22-4)14(10-11)21-3;/h9-10,12,17H,5-8H2,1-4H3;1H. The Morgan fingerprint density at radius 3 is 2.00 bits per heavy atom. The largest absolute Gasteiger partial charge is 0.493 e. The van der Waals surface area contributed by atoms with Crippen LogP contribution >= 0.6 is 12.4 Å². The first-order valence-corrected chi connectivity index (χ1v) is 7.41. The summed E-state index contributed by atoms with van der Waals surface area (Å²) in [6.45, 7) is 1.50. The fourth-order valence-electron chi connectivity index (χ4n) is 2.76. The van der Waals surface area contributed by atoms with Crippen molar-refractivity contribution in [2.24, 2.45) is 0 Å². The number of nitrogens with one attached hydrogen (secondary N) is 1. The minimum Gasteiger partial charge on any atom is -0.493 e. The second-order valence-corrected chi connectivity index (χ2v) is 5.27. The van der Waals surface area contributed by atoms with Gasteiger partial charge in [-0.2, -0.15) is 0 Å². The van der Waals surface area contributed by atoms with E-state index in [9.17, 15) is 4.79 Å². The number of nitrogens with zero attached hydrogens (tertiary/aromatic N) is 1. The molecule has 1 aromatic rings. The maximum Gasteiger partial charge on any atom is 0.254 e. The minimum atomic E-state index is -0.00574. The van der Waals surface area contributed by atoms with Gasteiger partial charge in [-0.3, -0.25) is 4.79 Å². The molecule has 7 heteroatoms. The van der Waals surface area contributed by atoms with Crippen molar-refractivity contribution in [3.63, 3.8) is 0 Å². The SMILES string of the molecule is CNC1CCN(C(=O)c2cc(OC)c(OC)c(OC)c2)CC1.Cl. The maximum atomic E-state index is 12.7. The van der Waals surface area contributed by atoms with Crippen molar-refractivity contribution in [1.82, 2.24) is 10.2 Å². The van der Waals surface area contributed by atoms with Crippen LogP contribution in [0.15, 0.2) is 12.1 Å². The highest BCUT2D eigenvalue weighted by Crippen LogP contribution is 2.38. The number of piperidine rings is 1. The second kappa shape index (κ2) is 8.84. The zero-order valence-corrected chi connectivity index (χ0v) is 14.9. The summed E-state index contributed by atoms with van der Waals surface area (Å²) >= 11 is 0. The van der Waals surface area contributed by atoms with Crippen LogP contribution < -0.4 is 19.5 Å². The molecule has 1 N–H and O–H groups in total.